The molecule has 1 aromatic rings. The van der Waals surface area contributed by atoms with Gasteiger partial charge in [0.2, 0.25) is 0 Å². The minimum atomic E-state index is -0.986. The molecule has 23 heavy (non-hydrogen) atoms. The van der Waals surface area contributed by atoms with Gasteiger partial charge in [-0.2, -0.15) is 0 Å². The summed E-state index contributed by atoms with van der Waals surface area (Å²) in [7, 11) is 5.44. The van der Waals surface area contributed by atoms with Crippen LogP contribution in [-0.2, 0) is 10.3 Å². The number of aryl methyl sites for hydroxylation is 1. The third-order valence-electron chi connectivity index (χ3n) is 4.36. The zero-order chi connectivity index (χ0) is 17.2. The standard InChI is InChI=1S/C17H25N3O3/c1-6-17(13-7-8-14(23-5)12(2)11-13)15(21)20(16(22)18-17)10-9-19(3)4/h7-8,11H,6,9-10H2,1-5H3,(H,18,22). The van der Waals surface area contributed by atoms with Gasteiger partial charge in [0.05, 0.1) is 7.11 Å². The molecule has 0 spiro atoms. The largest absolute Gasteiger partial charge is 0.496 e. The van der Waals surface area contributed by atoms with Crippen molar-refractivity contribution in [1.29, 1.82) is 0 Å². The number of urea groups is 1. The Labute approximate surface area is 137 Å². The number of nitrogens with one attached hydrogen (secondary N) is 1. The Morgan fingerprint density at radius 1 is 1.30 bits per heavy atom. The van der Waals surface area contributed by atoms with Crippen LogP contribution in [0.3, 0.4) is 0 Å². The van der Waals surface area contributed by atoms with Crippen LogP contribution in [0.4, 0.5) is 4.79 Å². The SMILES string of the molecule is CCC1(c2ccc(OC)c(C)c2)NC(=O)N(CCN(C)C)C1=O. The highest BCUT2D eigenvalue weighted by atomic mass is 16.5. The molecule has 0 aliphatic carbocycles. The van der Waals surface area contributed by atoms with Gasteiger partial charge in [-0.25, -0.2) is 4.79 Å². The van der Waals surface area contributed by atoms with Gasteiger partial charge in [0.25, 0.3) is 5.91 Å². The van der Waals surface area contributed by atoms with Crippen LogP contribution < -0.4 is 10.1 Å². The van der Waals surface area contributed by atoms with E-state index < -0.39 is 5.54 Å². The lowest BCUT2D eigenvalue weighted by Crippen LogP contribution is -2.44. The molecule has 0 bridgehead atoms. The third kappa shape index (κ3) is 3.03. The average Bonchev–Trinajstić information content (AvgIpc) is 2.76. The van der Waals surface area contributed by atoms with Gasteiger partial charge in [0.15, 0.2) is 0 Å². The number of likely N-dealkylation sites (N-methyl/N-ethyl adjacent to an activating group) is 1. The molecule has 6 nitrogen and oxygen atoms in total. The molecule has 2 rings (SSSR count). The lowest BCUT2D eigenvalue weighted by atomic mass is 9.86. The van der Waals surface area contributed by atoms with E-state index in [0.29, 0.717) is 19.5 Å². The number of methoxy groups -OCH3 is 1. The predicted octanol–water partition coefficient (Wildman–Crippen LogP) is 1.72. The predicted molar refractivity (Wildman–Crippen MR) is 88.5 cm³/mol. The Morgan fingerprint density at radius 2 is 2.00 bits per heavy atom. The smallest absolute Gasteiger partial charge is 0.325 e. The van der Waals surface area contributed by atoms with Gasteiger partial charge in [0, 0.05) is 13.1 Å². The Morgan fingerprint density at radius 3 is 2.52 bits per heavy atom. The molecule has 1 heterocycles. The Hall–Kier alpha value is -2.08. The maximum absolute atomic E-state index is 12.9. The first-order valence-electron chi connectivity index (χ1n) is 7.79. The van der Waals surface area contributed by atoms with Crippen molar-refractivity contribution in [2.45, 2.75) is 25.8 Å². The highest BCUT2D eigenvalue weighted by Gasteiger charge is 2.51. The quantitative estimate of drug-likeness (QED) is 0.811. The van der Waals surface area contributed by atoms with E-state index >= 15 is 0 Å². The Balaban J connectivity index is 2.36. The monoisotopic (exact) mass is 319 g/mol. The van der Waals surface area contributed by atoms with Crippen molar-refractivity contribution in [3.8, 4) is 5.75 Å². The van der Waals surface area contributed by atoms with E-state index in [1.165, 1.54) is 4.90 Å². The van der Waals surface area contributed by atoms with E-state index in [1.807, 2.05) is 51.0 Å². The van der Waals surface area contributed by atoms with Crippen LogP contribution >= 0.6 is 0 Å². The van der Waals surface area contributed by atoms with E-state index in [0.717, 1.165) is 16.9 Å². The molecule has 3 amide bonds. The maximum Gasteiger partial charge on any atom is 0.325 e. The highest BCUT2D eigenvalue weighted by molar-refractivity contribution is 6.07. The van der Waals surface area contributed by atoms with E-state index in [1.54, 1.807) is 7.11 Å². The molecule has 1 N–H and O–H groups in total. The van der Waals surface area contributed by atoms with Crippen LogP contribution in [0.2, 0.25) is 0 Å². The van der Waals surface area contributed by atoms with Gasteiger partial charge < -0.3 is 15.0 Å². The number of hydrogen-bond acceptors (Lipinski definition) is 4. The molecule has 0 radical (unpaired) electrons. The summed E-state index contributed by atoms with van der Waals surface area (Å²) in [6.07, 6.45) is 0.502. The lowest BCUT2D eigenvalue weighted by molar-refractivity contribution is -0.131. The van der Waals surface area contributed by atoms with Crippen LogP contribution in [0, 0.1) is 6.92 Å². The molecule has 1 unspecified atom stereocenters. The minimum absolute atomic E-state index is 0.184. The van der Waals surface area contributed by atoms with Crippen LogP contribution in [-0.4, -0.2) is 56.0 Å². The average molecular weight is 319 g/mol. The summed E-state index contributed by atoms with van der Waals surface area (Å²) >= 11 is 0. The van der Waals surface area contributed by atoms with Gasteiger partial charge in [-0.05, 0) is 50.7 Å². The second kappa shape index (κ2) is 6.58. The molecule has 1 aromatic carbocycles. The molecule has 1 aliphatic heterocycles. The fourth-order valence-electron chi connectivity index (χ4n) is 2.91. The summed E-state index contributed by atoms with van der Waals surface area (Å²) in [5.41, 5.74) is 0.746. The first kappa shape index (κ1) is 17.3. The number of nitrogens with zero attached hydrogens (tertiary/aromatic N) is 2. The van der Waals surface area contributed by atoms with E-state index in [9.17, 15) is 9.59 Å². The van der Waals surface area contributed by atoms with Crippen molar-refractivity contribution in [2.24, 2.45) is 0 Å². The molecule has 126 valence electrons. The second-order valence-corrected chi connectivity index (χ2v) is 6.13. The molecule has 1 saturated heterocycles. The van der Waals surface area contributed by atoms with Crippen molar-refractivity contribution < 1.29 is 14.3 Å². The number of benzene rings is 1. The van der Waals surface area contributed by atoms with Gasteiger partial charge >= 0.3 is 6.03 Å². The van der Waals surface area contributed by atoms with Gasteiger partial charge in [-0.1, -0.05) is 13.0 Å². The molecule has 1 atom stereocenters. The number of imide groups is 1. The maximum atomic E-state index is 12.9. The molecule has 6 heteroatoms. The fourth-order valence-corrected chi connectivity index (χ4v) is 2.91. The van der Waals surface area contributed by atoms with Crippen molar-refractivity contribution in [3.05, 3.63) is 29.3 Å². The van der Waals surface area contributed by atoms with Crippen molar-refractivity contribution in [1.82, 2.24) is 15.1 Å². The van der Waals surface area contributed by atoms with E-state index in [2.05, 4.69) is 5.32 Å². The van der Waals surface area contributed by atoms with Crippen molar-refractivity contribution in [3.63, 3.8) is 0 Å². The number of amides is 3. The summed E-state index contributed by atoms with van der Waals surface area (Å²) in [5.74, 6) is 0.581. The van der Waals surface area contributed by atoms with Gasteiger partial charge in [0.1, 0.15) is 11.3 Å². The highest BCUT2D eigenvalue weighted by Crippen LogP contribution is 2.34. The van der Waals surface area contributed by atoms with E-state index in [4.69, 9.17) is 4.74 Å². The number of rotatable bonds is 6. The zero-order valence-corrected chi connectivity index (χ0v) is 14.5. The molecular weight excluding hydrogens is 294 g/mol. The lowest BCUT2D eigenvalue weighted by Gasteiger charge is -2.26. The Kier molecular flexibility index (Phi) is 4.94. The van der Waals surface area contributed by atoms with Gasteiger partial charge in [-0.15, -0.1) is 0 Å². The number of hydrogen-bond donors (Lipinski definition) is 1. The summed E-state index contributed by atoms with van der Waals surface area (Å²) in [4.78, 5) is 28.5. The summed E-state index contributed by atoms with van der Waals surface area (Å²) in [6, 6.07) is 5.27. The molecule has 1 fully saturated rings. The fraction of sp³-hybridized carbons (Fsp3) is 0.529. The first-order valence-corrected chi connectivity index (χ1v) is 7.79. The molecular formula is C17H25N3O3. The minimum Gasteiger partial charge on any atom is -0.496 e. The van der Waals surface area contributed by atoms with Crippen LogP contribution in [0.5, 0.6) is 5.75 Å². The van der Waals surface area contributed by atoms with Crippen LogP contribution in [0.15, 0.2) is 18.2 Å². The van der Waals surface area contributed by atoms with Crippen LogP contribution in [0.25, 0.3) is 0 Å². The van der Waals surface area contributed by atoms with E-state index in [-0.39, 0.29) is 11.9 Å². The molecule has 0 aromatic heterocycles. The zero-order valence-electron chi connectivity index (χ0n) is 14.5. The van der Waals surface area contributed by atoms with Crippen LogP contribution in [0.1, 0.15) is 24.5 Å². The topological polar surface area (TPSA) is 61.9 Å². The Bertz CT molecular complexity index is 615. The van der Waals surface area contributed by atoms with Crippen molar-refractivity contribution in [2.75, 3.05) is 34.3 Å². The second-order valence-electron chi connectivity index (χ2n) is 6.13. The summed E-state index contributed by atoms with van der Waals surface area (Å²) in [6.45, 7) is 4.86. The molecule has 0 saturated carbocycles. The number of carbonyl (C=O) groups is 2. The summed E-state index contributed by atoms with van der Waals surface area (Å²) in [5, 5.41) is 2.90. The number of carbonyl (C=O) groups excluding carboxylic acids is 2. The number of ether oxygens (including phenoxy) is 1. The molecule has 1 aliphatic rings. The van der Waals surface area contributed by atoms with Gasteiger partial charge in [-0.3, -0.25) is 9.69 Å². The third-order valence-corrected chi connectivity index (χ3v) is 4.36. The normalized spacial score (nSPS) is 21.0. The first-order chi connectivity index (χ1) is 10.9. The summed E-state index contributed by atoms with van der Waals surface area (Å²) < 4.78 is 5.27. The van der Waals surface area contributed by atoms with Crippen molar-refractivity contribution >= 4 is 11.9 Å².